The highest BCUT2D eigenvalue weighted by Crippen LogP contribution is 2.66. The number of phosphoric acid groups is 3. The van der Waals surface area contributed by atoms with Gasteiger partial charge in [0.1, 0.15) is 6.10 Å². The van der Waals surface area contributed by atoms with Crippen molar-refractivity contribution in [3.8, 4) is 0 Å². The molecule has 1 saturated heterocycles. The number of fused-ring (bicyclic) bond motifs is 1. The van der Waals surface area contributed by atoms with Gasteiger partial charge >= 0.3 is 23.5 Å². The summed E-state index contributed by atoms with van der Waals surface area (Å²) in [5.41, 5.74) is 4.46. The number of rotatable bonds is 8. The zero-order chi connectivity index (χ0) is 24.1. The van der Waals surface area contributed by atoms with Gasteiger partial charge in [0.2, 0.25) is 5.95 Å². The molecular formula is C10H15N5O14P3+. The lowest BCUT2D eigenvalue weighted by atomic mass is 10.1. The summed E-state index contributed by atoms with van der Waals surface area (Å²) in [6, 6.07) is 0. The fourth-order valence-electron chi connectivity index (χ4n) is 2.59. The molecule has 2 aromatic heterocycles. The first-order valence-electron chi connectivity index (χ1n) is 7.98. The zero-order valence-corrected chi connectivity index (χ0v) is 17.9. The fourth-order valence-corrected chi connectivity index (χ4v) is 5.53. The van der Waals surface area contributed by atoms with Gasteiger partial charge in [0.25, 0.3) is 18.3 Å². The van der Waals surface area contributed by atoms with Gasteiger partial charge in [0.05, 0.1) is 6.33 Å². The molecule has 3 rings (SSSR count). The highest BCUT2D eigenvalue weighted by molar-refractivity contribution is 7.66. The molecule has 1 aliphatic heterocycles. The minimum Gasteiger partial charge on any atom is -0.385 e. The SMILES string of the molecule is Nc1nc2c(ncn2[C@@H]2O[C@H]([CH+]OP(=O)(O)OP(=O)(O)OP(=O)(O)O)[C@@H](O)[C@H]2O)c(=O)[nH]1. The first-order chi connectivity index (χ1) is 14.6. The molecule has 0 aromatic carbocycles. The smallest absolute Gasteiger partial charge is 0.385 e. The monoisotopic (exact) mass is 522 g/mol. The second-order valence-corrected chi connectivity index (χ2v) is 10.5. The summed E-state index contributed by atoms with van der Waals surface area (Å²) < 4.78 is 51.3. The Kier molecular flexibility index (Phi) is 6.69. The number of nitrogens with one attached hydrogen (secondary N) is 1. The van der Waals surface area contributed by atoms with Crippen LogP contribution < -0.4 is 11.3 Å². The molecule has 2 aromatic rings. The van der Waals surface area contributed by atoms with E-state index in [1.54, 1.807) is 0 Å². The first kappa shape index (κ1) is 24.9. The van der Waals surface area contributed by atoms with Crippen molar-refractivity contribution in [1.29, 1.82) is 0 Å². The molecule has 6 atom stereocenters. The van der Waals surface area contributed by atoms with E-state index in [2.05, 4.69) is 28.1 Å². The average Bonchev–Trinajstić information content (AvgIpc) is 3.12. The molecule has 0 amide bonds. The van der Waals surface area contributed by atoms with Crippen molar-refractivity contribution < 1.29 is 61.4 Å². The van der Waals surface area contributed by atoms with Crippen LogP contribution in [-0.2, 0) is 31.6 Å². The van der Waals surface area contributed by atoms with Gasteiger partial charge in [-0.2, -0.15) is 13.6 Å². The van der Waals surface area contributed by atoms with E-state index in [0.29, 0.717) is 6.61 Å². The maximum Gasteiger partial charge on any atom is 0.521 e. The molecule has 0 spiro atoms. The molecule has 0 bridgehead atoms. The minimum absolute atomic E-state index is 0.129. The van der Waals surface area contributed by atoms with Crippen molar-refractivity contribution in [2.45, 2.75) is 24.5 Å². The number of aliphatic hydroxyl groups excluding tert-OH is 2. The predicted molar refractivity (Wildman–Crippen MR) is 97.7 cm³/mol. The second-order valence-electron chi connectivity index (χ2n) is 6.08. The Balaban J connectivity index is 1.72. The van der Waals surface area contributed by atoms with E-state index in [1.165, 1.54) is 0 Å². The third-order valence-electron chi connectivity index (χ3n) is 3.74. The van der Waals surface area contributed by atoms with Crippen LogP contribution in [-0.4, -0.2) is 67.6 Å². The van der Waals surface area contributed by atoms with Crippen molar-refractivity contribution in [3.05, 3.63) is 23.3 Å². The third-order valence-corrected chi connectivity index (χ3v) is 7.46. The molecule has 32 heavy (non-hydrogen) atoms. The molecule has 22 heteroatoms. The van der Waals surface area contributed by atoms with Crippen molar-refractivity contribution in [2.24, 2.45) is 0 Å². The number of aliphatic hydroxyl groups is 2. The number of imidazole rings is 1. The maximum absolute atomic E-state index is 11.8. The van der Waals surface area contributed by atoms with Crippen LogP contribution >= 0.6 is 23.5 Å². The third kappa shape index (κ3) is 5.62. The number of H-pyrrole nitrogens is 1. The Labute approximate surface area is 175 Å². The number of aromatic amines is 1. The number of phosphoric ester groups is 1. The minimum atomic E-state index is -5.75. The number of hydrogen-bond donors (Lipinski definition) is 8. The highest BCUT2D eigenvalue weighted by atomic mass is 31.3. The molecule has 1 aliphatic rings. The predicted octanol–water partition coefficient (Wildman–Crippen LogP) is -2.17. The van der Waals surface area contributed by atoms with Gasteiger partial charge < -0.3 is 35.4 Å². The second kappa shape index (κ2) is 8.58. The molecule has 178 valence electrons. The summed E-state index contributed by atoms with van der Waals surface area (Å²) in [5.74, 6) is -0.284. The van der Waals surface area contributed by atoms with Crippen molar-refractivity contribution in [1.82, 2.24) is 19.5 Å². The van der Waals surface area contributed by atoms with Crippen LogP contribution in [0.3, 0.4) is 0 Å². The average molecular weight is 522 g/mol. The molecule has 2 unspecified atom stereocenters. The molecule has 9 N–H and O–H groups in total. The number of anilines is 1. The van der Waals surface area contributed by atoms with Crippen LogP contribution in [0.2, 0.25) is 0 Å². The lowest BCUT2D eigenvalue weighted by Crippen LogP contribution is -2.32. The fraction of sp³-hybridized carbons (Fsp3) is 0.400. The lowest BCUT2D eigenvalue weighted by molar-refractivity contribution is -0.0359. The van der Waals surface area contributed by atoms with Gasteiger partial charge in [0, 0.05) is 0 Å². The lowest BCUT2D eigenvalue weighted by Gasteiger charge is -2.15. The van der Waals surface area contributed by atoms with E-state index >= 15 is 0 Å². The quantitative estimate of drug-likeness (QED) is 0.135. The van der Waals surface area contributed by atoms with Gasteiger partial charge in [-0.05, 0) is 0 Å². The Morgan fingerprint density at radius 1 is 1.12 bits per heavy atom. The molecule has 0 radical (unpaired) electrons. The summed E-state index contributed by atoms with van der Waals surface area (Å²) in [4.78, 5) is 57.2. The summed E-state index contributed by atoms with van der Waals surface area (Å²) in [7, 11) is -16.9. The van der Waals surface area contributed by atoms with Gasteiger partial charge in [-0.1, -0.05) is 4.52 Å². The normalized spacial score (nSPS) is 27.8. The number of nitrogens with two attached hydrogens (primary N) is 1. The first-order valence-corrected chi connectivity index (χ1v) is 12.5. The van der Waals surface area contributed by atoms with Crippen molar-refractivity contribution in [2.75, 3.05) is 5.73 Å². The van der Waals surface area contributed by atoms with E-state index < -0.39 is 53.6 Å². The van der Waals surface area contributed by atoms with Crippen LogP contribution in [0, 0.1) is 6.61 Å². The highest BCUT2D eigenvalue weighted by Gasteiger charge is 2.52. The van der Waals surface area contributed by atoms with E-state index in [0.717, 1.165) is 10.9 Å². The summed E-state index contributed by atoms with van der Waals surface area (Å²) in [6.07, 6.45) is -5.59. The molecule has 1 fully saturated rings. The van der Waals surface area contributed by atoms with Crippen LogP contribution in [0.25, 0.3) is 11.2 Å². The van der Waals surface area contributed by atoms with E-state index in [9.17, 15) is 33.6 Å². The standard InChI is InChI=1S/C10H14N5O14P3/c11-10-13-7-4(8(18)14-10)12-2-15(7)9-6(17)5(16)3(27-9)1-26-31(22,23)29-32(24,25)28-30(19,20)21/h1-3,5-6,9,16-17H,(H6-,11,13,14,18,19,20,21,22,23,24,25)/p+1/t3-,5-,6-,9-/m1/s1. The molecule has 19 nitrogen and oxygen atoms in total. The Morgan fingerprint density at radius 2 is 1.78 bits per heavy atom. The molecule has 0 saturated carbocycles. The van der Waals surface area contributed by atoms with E-state index in [-0.39, 0.29) is 17.1 Å². The van der Waals surface area contributed by atoms with Crippen LogP contribution in [0.5, 0.6) is 0 Å². The largest absolute Gasteiger partial charge is 0.521 e. The maximum atomic E-state index is 11.8. The summed E-state index contributed by atoms with van der Waals surface area (Å²) in [5, 5.41) is 20.4. The Bertz CT molecular complexity index is 1210. The topological polar surface area (TPSA) is 299 Å². The van der Waals surface area contributed by atoms with Gasteiger partial charge in [0.15, 0.2) is 23.5 Å². The number of hydrogen-bond acceptors (Lipinski definition) is 13. The van der Waals surface area contributed by atoms with Gasteiger partial charge in [-0.3, -0.25) is 19.2 Å². The number of nitrogens with zero attached hydrogens (tertiary/aromatic N) is 3. The number of ether oxygens (including phenoxy) is 1. The van der Waals surface area contributed by atoms with Crippen LogP contribution in [0.1, 0.15) is 6.23 Å². The molecule has 0 aliphatic carbocycles. The van der Waals surface area contributed by atoms with Gasteiger partial charge in [-0.15, -0.1) is 0 Å². The Hall–Kier alpha value is -1.69. The number of nitrogen functional groups attached to an aromatic ring is 1. The van der Waals surface area contributed by atoms with Gasteiger partial charge in [-0.25, -0.2) is 18.7 Å². The van der Waals surface area contributed by atoms with Crippen molar-refractivity contribution >= 4 is 40.6 Å². The van der Waals surface area contributed by atoms with E-state index in [4.69, 9.17) is 25.2 Å². The molecular weight excluding hydrogens is 507 g/mol. The van der Waals surface area contributed by atoms with E-state index in [1.807, 2.05) is 0 Å². The summed E-state index contributed by atoms with van der Waals surface area (Å²) >= 11 is 0. The Morgan fingerprint density at radius 3 is 2.41 bits per heavy atom. The van der Waals surface area contributed by atoms with Crippen LogP contribution in [0.15, 0.2) is 11.1 Å². The van der Waals surface area contributed by atoms with Crippen LogP contribution in [0.4, 0.5) is 5.95 Å². The molecule has 3 heterocycles. The number of aromatic nitrogens is 4. The summed E-state index contributed by atoms with van der Waals surface area (Å²) in [6.45, 7) is 0.319. The van der Waals surface area contributed by atoms with Crippen molar-refractivity contribution in [3.63, 3.8) is 0 Å². The zero-order valence-electron chi connectivity index (χ0n) is 15.2.